The van der Waals surface area contributed by atoms with Gasteiger partial charge in [-0.25, -0.2) is 4.39 Å². The molecule has 0 aromatic heterocycles. The zero-order valence-electron chi connectivity index (χ0n) is 11.2. The van der Waals surface area contributed by atoms with E-state index in [2.05, 4.69) is 10.1 Å². The van der Waals surface area contributed by atoms with Gasteiger partial charge in [-0.05, 0) is 48.4 Å². The van der Waals surface area contributed by atoms with Crippen molar-refractivity contribution < 1.29 is 17.9 Å². The van der Waals surface area contributed by atoms with Crippen molar-refractivity contribution in [1.29, 1.82) is 0 Å². The van der Waals surface area contributed by atoms with Crippen molar-refractivity contribution in [3.8, 4) is 5.75 Å². The third-order valence-electron chi connectivity index (χ3n) is 2.94. The zero-order valence-corrected chi connectivity index (χ0v) is 11.9. The van der Waals surface area contributed by atoms with Crippen LogP contribution in [0.3, 0.4) is 0 Å². The molecule has 112 valence electrons. The van der Waals surface area contributed by atoms with Crippen molar-refractivity contribution in [3.05, 3.63) is 58.4 Å². The van der Waals surface area contributed by atoms with Gasteiger partial charge in [-0.3, -0.25) is 0 Å². The molecule has 2 nitrogen and oxygen atoms in total. The Bertz CT molecular complexity index is 634. The van der Waals surface area contributed by atoms with E-state index in [1.807, 2.05) is 6.92 Å². The van der Waals surface area contributed by atoms with Gasteiger partial charge in [0.25, 0.3) is 0 Å². The maximum atomic E-state index is 13.0. The van der Waals surface area contributed by atoms with Crippen LogP contribution in [0.1, 0.15) is 11.1 Å². The van der Waals surface area contributed by atoms with Gasteiger partial charge in [0.2, 0.25) is 0 Å². The first-order valence-electron chi connectivity index (χ1n) is 6.19. The molecule has 0 saturated carbocycles. The maximum absolute atomic E-state index is 13.0. The molecule has 0 unspecified atom stereocenters. The normalized spacial score (nSPS) is 10.8. The van der Waals surface area contributed by atoms with Crippen LogP contribution < -0.4 is 10.1 Å². The lowest BCUT2D eigenvalue weighted by atomic mass is 10.1. The Labute approximate surface area is 125 Å². The number of alkyl halides is 2. The fraction of sp³-hybridized carbons (Fsp3) is 0.200. The van der Waals surface area contributed by atoms with Crippen LogP contribution in [0, 0.1) is 12.7 Å². The molecule has 0 saturated heterocycles. The molecular formula is C15H13ClF3NO. The molecule has 0 bridgehead atoms. The third-order valence-corrected chi connectivity index (χ3v) is 3.23. The summed E-state index contributed by atoms with van der Waals surface area (Å²) in [7, 11) is 0. The Kier molecular flexibility index (Phi) is 4.96. The first kappa shape index (κ1) is 15.5. The fourth-order valence-corrected chi connectivity index (χ4v) is 2.08. The number of nitrogens with one attached hydrogen (secondary N) is 1. The molecule has 0 aliphatic carbocycles. The molecule has 0 spiro atoms. The number of rotatable bonds is 5. The summed E-state index contributed by atoms with van der Waals surface area (Å²) in [5.74, 6) is -0.358. The Morgan fingerprint density at radius 1 is 1.19 bits per heavy atom. The van der Waals surface area contributed by atoms with Gasteiger partial charge in [0, 0.05) is 12.2 Å². The van der Waals surface area contributed by atoms with Crippen molar-refractivity contribution in [2.45, 2.75) is 20.1 Å². The SMILES string of the molecule is Cc1cc(F)ccc1CNc1ccc(OC(F)F)c(Cl)c1. The number of aryl methyl sites for hydroxylation is 1. The second kappa shape index (κ2) is 6.72. The summed E-state index contributed by atoms with van der Waals surface area (Å²) in [6, 6.07) is 8.97. The van der Waals surface area contributed by atoms with Crippen molar-refractivity contribution in [2.24, 2.45) is 0 Å². The van der Waals surface area contributed by atoms with Crippen molar-refractivity contribution in [2.75, 3.05) is 5.32 Å². The highest BCUT2D eigenvalue weighted by molar-refractivity contribution is 6.32. The van der Waals surface area contributed by atoms with Gasteiger partial charge < -0.3 is 10.1 Å². The first-order chi connectivity index (χ1) is 9.95. The smallest absolute Gasteiger partial charge is 0.387 e. The summed E-state index contributed by atoms with van der Waals surface area (Å²) in [5.41, 5.74) is 2.41. The first-order valence-corrected chi connectivity index (χ1v) is 6.57. The number of hydrogen-bond acceptors (Lipinski definition) is 2. The molecule has 0 heterocycles. The number of benzene rings is 2. The van der Waals surface area contributed by atoms with Crippen LogP contribution in [0.2, 0.25) is 5.02 Å². The molecule has 0 fully saturated rings. The second-order valence-electron chi connectivity index (χ2n) is 4.45. The van der Waals surface area contributed by atoms with Gasteiger partial charge in [0.1, 0.15) is 11.6 Å². The summed E-state index contributed by atoms with van der Waals surface area (Å²) in [5, 5.41) is 3.19. The lowest BCUT2D eigenvalue weighted by Gasteiger charge is -2.11. The molecule has 6 heteroatoms. The van der Waals surface area contributed by atoms with Gasteiger partial charge in [-0.1, -0.05) is 17.7 Å². The Morgan fingerprint density at radius 3 is 2.57 bits per heavy atom. The monoisotopic (exact) mass is 315 g/mol. The van der Waals surface area contributed by atoms with Gasteiger partial charge in [-0.15, -0.1) is 0 Å². The Balaban J connectivity index is 2.05. The quantitative estimate of drug-likeness (QED) is 0.838. The van der Waals surface area contributed by atoms with E-state index in [4.69, 9.17) is 11.6 Å². The predicted molar refractivity (Wildman–Crippen MR) is 76.5 cm³/mol. The molecular weight excluding hydrogens is 303 g/mol. The third kappa shape index (κ3) is 4.29. The molecule has 0 aliphatic heterocycles. The van der Waals surface area contributed by atoms with E-state index in [1.165, 1.54) is 24.3 Å². The zero-order chi connectivity index (χ0) is 15.4. The standard InChI is InChI=1S/C15H13ClF3NO/c1-9-6-11(17)3-2-10(9)8-20-12-4-5-14(13(16)7-12)21-15(18)19/h2-7,15,20H,8H2,1H3. The molecule has 2 aromatic rings. The minimum atomic E-state index is -2.91. The van der Waals surface area contributed by atoms with Crippen LogP contribution in [0.25, 0.3) is 0 Å². The minimum absolute atomic E-state index is 0.0739. The Hall–Kier alpha value is -1.88. The van der Waals surface area contributed by atoms with Crippen LogP contribution in [0.15, 0.2) is 36.4 Å². The lowest BCUT2D eigenvalue weighted by molar-refractivity contribution is -0.0497. The van der Waals surface area contributed by atoms with Crippen molar-refractivity contribution >= 4 is 17.3 Å². The molecule has 0 aliphatic rings. The van der Waals surface area contributed by atoms with Crippen LogP contribution in [0.4, 0.5) is 18.9 Å². The summed E-state index contributed by atoms with van der Waals surface area (Å²) >= 11 is 5.86. The molecule has 1 N–H and O–H groups in total. The average Bonchev–Trinajstić information content (AvgIpc) is 2.40. The van der Waals surface area contributed by atoms with Crippen LogP contribution in [0.5, 0.6) is 5.75 Å². The molecule has 21 heavy (non-hydrogen) atoms. The number of ether oxygens (including phenoxy) is 1. The largest absolute Gasteiger partial charge is 0.433 e. The number of hydrogen-bond donors (Lipinski definition) is 1. The highest BCUT2D eigenvalue weighted by atomic mass is 35.5. The topological polar surface area (TPSA) is 21.3 Å². The lowest BCUT2D eigenvalue weighted by Crippen LogP contribution is -2.04. The molecule has 0 atom stereocenters. The molecule has 2 rings (SSSR count). The van der Waals surface area contributed by atoms with E-state index in [0.29, 0.717) is 12.2 Å². The minimum Gasteiger partial charge on any atom is -0.433 e. The van der Waals surface area contributed by atoms with E-state index in [0.717, 1.165) is 11.1 Å². The van der Waals surface area contributed by atoms with E-state index < -0.39 is 6.61 Å². The predicted octanol–water partition coefficient (Wildman–Crippen LogP) is 5.00. The number of anilines is 1. The molecule has 0 radical (unpaired) electrons. The van der Waals surface area contributed by atoms with Gasteiger partial charge in [0.15, 0.2) is 0 Å². The molecule has 2 aromatic carbocycles. The van der Waals surface area contributed by atoms with E-state index >= 15 is 0 Å². The summed E-state index contributed by atoms with van der Waals surface area (Å²) in [6.45, 7) is -0.632. The molecule has 0 amide bonds. The summed E-state index contributed by atoms with van der Waals surface area (Å²) in [6.07, 6.45) is 0. The van der Waals surface area contributed by atoms with E-state index in [9.17, 15) is 13.2 Å². The van der Waals surface area contributed by atoms with Crippen molar-refractivity contribution in [3.63, 3.8) is 0 Å². The summed E-state index contributed by atoms with van der Waals surface area (Å²) in [4.78, 5) is 0. The van der Waals surface area contributed by atoms with Gasteiger partial charge >= 0.3 is 6.61 Å². The van der Waals surface area contributed by atoms with Gasteiger partial charge in [0.05, 0.1) is 5.02 Å². The van der Waals surface area contributed by atoms with E-state index in [-0.39, 0.29) is 16.6 Å². The Morgan fingerprint density at radius 2 is 1.95 bits per heavy atom. The van der Waals surface area contributed by atoms with Crippen LogP contribution in [-0.4, -0.2) is 6.61 Å². The highest BCUT2D eigenvalue weighted by Crippen LogP contribution is 2.29. The maximum Gasteiger partial charge on any atom is 0.387 e. The average molecular weight is 316 g/mol. The second-order valence-corrected chi connectivity index (χ2v) is 4.86. The fourth-order valence-electron chi connectivity index (χ4n) is 1.86. The number of halogens is 4. The summed E-state index contributed by atoms with van der Waals surface area (Å²) < 4.78 is 41.5. The van der Waals surface area contributed by atoms with Crippen LogP contribution >= 0.6 is 11.6 Å². The highest BCUT2D eigenvalue weighted by Gasteiger charge is 2.09. The van der Waals surface area contributed by atoms with Crippen LogP contribution in [-0.2, 0) is 6.54 Å². The van der Waals surface area contributed by atoms with E-state index in [1.54, 1.807) is 12.1 Å². The van der Waals surface area contributed by atoms with Gasteiger partial charge in [-0.2, -0.15) is 8.78 Å². The van der Waals surface area contributed by atoms with Crippen molar-refractivity contribution in [1.82, 2.24) is 0 Å².